The number of nitrogens with one attached hydrogen (secondary N) is 1. The molecule has 1 fully saturated rings. The number of ether oxygens (including phenoxy) is 1. The van der Waals surface area contributed by atoms with Gasteiger partial charge in [-0.2, -0.15) is 0 Å². The van der Waals surface area contributed by atoms with E-state index in [-0.39, 0.29) is 5.54 Å². The lowest BCUT2D eigenvalue weighted by atomic mass is 9.89. The minimum atomic E-state index is 0.112. The van der Waals surface area contributed by atoms with Crippen LogP contribution in [0, 0.1) is 11.8 Å². The molecule has 1 saturated heterocycles. The maximum Gasteiger partial charge on any atom is 0.0641 e. The Hall–Kier alpha value is -0.120. The fourth-order valence-corrected chi connectivity index (χ4v) is 3.29. The third-order valence-electron chi connectivity index (χ3n) is 4.23. The molecule has 1 N–H and O–H groups in total. The Balaban J connectivity index is 2.78. The van der Waals surface area contributed by atoms with E-state index in [1.165, 1.54) is 6.42 Å². The highest BCUT2D eigenvalue weighted by Gasteiger charge is 2.38. The Morgan fingerprint density at radius 3 is 2.37 bits per heavy atom. The van der Waals surface area contributed by atoms with E-state index < -0.39 is 0 Å². The van der Waals surface area contributed by atoms with Gasteiger partial charge in [-0.3, -0.25) is 4.90 Å². The molecule has 19 heavy (non-hydrogen) atoms. The Bertz CT molecular complexity index is 263. The first-order chi connectivity index (χ1) is 8.77. The largest absolute Gasteiger partial charge is 0.383 e. The molecular formula is C16H34N2O. The quantitative estimate of drug-likeness (QED) is 0.803. The molecule has 0 amide bonds. The van der Waals surface area contributed by atoms with Gasteiger partial charge in [-0.1, -0.05) is 27.7 Å². The van der Waals surface area contributed by atoms with Crippen LogP contribution in [-0.2, 0) is 4.74 Å². The topological polar surface area (TPSA) is 24.5 Å². The lowest BCUT2D eigenvalue weighted by Gasteiger charge is -2.50. The van der Waals surface area contributed by atoms with Gasteiger partial charge in [0.05, 0.1) is 6.61 Å². The summed E-state index contributed by atoms with van der Waals surface area (Å²) in [5.41, 5.74) is 0.112. The molecule has 3 nitrogen and oxygen atoms in total. The van der Waals surface area contributed by atoms with Gasteiger partial charge < -0.3 is 10.1 Å². The molecule has 1 aliphatic heterocycles. The summed E-state index contributed by atoms with van der Waals surface area (Å²) in [4.78, 5) is 2.67. The lowest BCUT2D eigenvalue weighted by molar-refractivity contribution is -0.0321. The van der Waals surface area contributed by atoms with Gasteiger partial charge >= 0.3 is 0 Å². The van der Waals surface area contributed by atoms with Crippen molar-refractivity contribution in [2.75, 3.05) is 26.8 Å². The molecule has 0 aromatic carbocycles. The zero-order valence-corrected chi connectivity index (χ0v) is 14.0. The van der Waals surface area contributed by atoms with E-state index in [2.05, 4.69) is 51.8 Å². The van der Waals surface area contributed by atoms with Gasteiger partial charge in [-0.15, -0.1) is 0 Å². The Morgan fingerprint density at radius 1 is 1.26 bits per heavy atom. The summed E-state index contributed by atoms with van der Waals surface area (Å²) < 4.78 is 5.44. The van der Waals surface area contributed by atoms with E-state index in [4.69, 9.17) is 4.74 Å². The highest BCUT2D eigenvalue weighted by molar-refractivity contribution is 4.95. The Morgan fingerprint density at radius 2 is 1.89 bits per heavy atom. The van der Waals surface area contributed by atoms with Crippen molar-refractivity contribution < 1.29 is 4.74 Å². The third-order valence-corrected chi connectivity index (χ3v) is 4.23. The van der Waals surface area contributed by atoms with Crippen molar-refractivity contribution >= 4 is 0 Å². The van der Waals surface area contributed by atoms with E-state index in [1.54, 1.807) is 7.11 Å². The minimum Gasteiger partial charge on any atom is -0.383 e. The minimum absolute atomic E-state index is 0.112. The molecule has 0 bridgehead atoms. The van der Waals surface area contributed by atoms with Crippen LogP contribution in [0.15, 0.2) is 0 Å². The number of hydrogen-bond acceptors (Lipinski definition) is 3. The molecule has 0 radical (unpaired) electrons. The summed E-state index contributed by atoms with van der Waals surface area (Å²) in [7, 11) is 1.81. The van der Waals surface area contributed by atoms with Crippen LogP contribution in [0.3, 0.4) is 0 Å². The number of piperazine rings is 1. The molecule has 0 spiro atoms. The molecule has 0 aliphatic carbocycles. The van der Waals surface area contributed by atoms with Crippen molar-refractivity contribution in [1.29, 1.82) is 0 Å². The molecule has 0 aromatic rings. The van der Waals surface area contributed by atoms with Crippen molar-refractivity contribution in [1.82, 2.24) is 10.2 Å². The second kappa shape index (κ2) is 7.05. The molecule has 114 valence electrons. The molecule has 1 heterocycles. The molecular weight excluding hydrogens is 236 g/mol. The lowest BCUT2D eigenvalue weighted by Crippen LogP contribution is -2.65. The zero-order valence-electron chi connectivity index (χ0n) is 14.0. The molecule has 2 unspecified atom stereocenters. The summed E-state index contributed by atoms with van der Waals surface area (Å²) in [6, 6.07) is 1.22. The normalized spacial score (nSPS) is 26.4. The molecule has 1 aliphatic rings. The van der Waals surface area contributed by atoms with Crippen LogP contribution in [0.5, 0.6) is 0 Å². The maximum absolute atomic E-state index is 5.44. The van der Waals surface area contributed by atoms with Crippen molar-refractivity contribution in [3.05, 3.63) is 0 Å². The van der Waals surface area contributed by atoms with E-state index in [1.807, 2.05) is 0 Å². The molecule has 0 saturated carbocycles. The second-order valence-electron chi connectivity index (χ2n) is 7.44. The van der Waals surface area contributed by atoms with E-state index in [9.17, 15) is 0 Å². The van der Waals surface area contributed by atoms with Crippen molar-refractivity contribution in [2.45, 2.75) is 65.6 Å². The van der Waals surface area contributed by atoms with Crippen LogP contribution in [0.2, 0.25) is 0 Å². The van der Waals surface area contributed by atoms with Crippen LogP contribution in [0.25, 0.3) is 0 Å². The monoisotopic (exact) mass is 270 g/mol. The fraction of sp³-hybridized carbons (Fsp3) is 1.00. The van der Waals surface area contributed by atoms with Gasteiger partial charge in [0, 0.05) is 37.8 Å². The predicted molar refractivity (Wildman–Crippen MR) is 82.5 cm³/mol. The summed E-state index contributed by atoms with van der Waals surface area (Å²) >= 11 is 0. The van der Waals surface area contributed by atoms with Crippen molar-refractivity contribution in [3.8, 4) is 0 Å². The number of rotatable bonds is 6. The first-order valence-electron chi connectivity index (χ1n) is 7.77. The SMILES string of the molecule is COCC(C)(C)N1CC(CC(C)C)NCC1C(C)C. The Labute approximate surface area is 120 Å². The van der Waals surface area contributed by atoms with Crippen LogP contribution >= 0.6 is 0 Å². The molecule has 0 aromatic heterocycles. The number of hydrogen-bond donors (Lipinski definition) is 1. The first-order valence-corrected chi connectivity index (χ1v) is 7.77. The first kappa shape index (κ1) is 16.9. The van der Waals surface area contributed by atoms with Crippen LogP contribution in [-0.4, -0.2) is 49.3 Å². The van der Waals surface area contributed by atoms with Crippen molar-refractivity contribution in [3.63, 3.8) is 0 Å². The van der Waals surface area contributed by atoms with Crippen molar-refractivity contribution in [2.24, 2.45) is 11.8 Å². The summed E-state index contributed by atoms with van der Waals surface area (Å²) in [6.07, 6.45) is 1.25. The fourth-order valence-electron chi connectivity index (χ4n) is 3.29. The maximum atomic E-state index is 5.44. The van der Waals surface area contributed by atoms with E-state index >= 15 is 0 Å². The van der Waals surface area contributed by atoms with Gasteiger partial charge in [0.15, 0.2) is 0 Å². The van der Waals surface area contributed by atoms with Gasteiger partial charge in [0.1, 0.15) is 0 Å². The van der Waals surface area contributed by atoms with Gasteiger partial charge in [0.25, 0.3) is 0 Å². The summed E-state index contributed by atoms with van der Waals surface area (Å²) in [5, 5.41) is 3.74. The highest BCUT2D eigenvalue weighted by Crippen LogP contribution is 2.26. The third kappa shape index (κ3) is 4.73. The van der Waals surface area contributed by atoms with Crippen LogP contribution < -0.4 is 5.32 Å². The standard InChI is InChI=1S/C16H34N2O/c1-12(2)8-14-10-18(16(5,6)11-19-7)15(9-17-14)13(3)4/h12-15,17H,8-11H2,1-7H3. The Kier molecular flexibility index (Phi) is 6.28. The molecule has 3 heteroatoms. The molecule has 1 rings (SSSR count). The zero-order chi connectivity index (χ0) is 14.6. The smallest absolute Gasteiger partial charge is 0.0641 e. The number of nitrogens with zero attached hydrogens (tertiary/aromatic N) is 1. The second-order valence-corrected chi connectivity index (χ2v) is 7.44. The van der Waals surface area contributed by atoms with Gasteiger partial charge in [-0.05, 0) is 32.1 Å². The van der Waals surface area contributed by atoms with Gasteiger partial charge in [-0.25, -0.2) is 0 Å². The van der Waals surface area contributed by atoms with Crippen LogP contribution in [0.1, 0.15) is 48.0 Å². The average Bonchev–Trinajstić information content (AvgIpc) is 2.27. The predicted octanol–water partition coefficient (Wildman–Crippen LogP) is 2.76. The van der Waals surface area contributed by atoms with E-state index in [0.29, 0.717) is 18.0 Å². The van der Waals surface area contributed by atoms with Crippen LogP contribution in [0.4, 0.5) is 0 Å². The summed E-state index contributed by atoms with van der Waals surface area (Å²) in [6.45, 7) is 16.9. The average molecular weight is 270 g/mol. The van der Waals surface area contributed by atoms with E-state index in [0.717, 1.165) is 25.6 Å². The van der Waals surface area contributed by atoms with Gasteiger partial charge in [0.2, 0.25) is 0 Å². The summed E-state index contributed by atoms with van der Waals surface area (Å²) in [5.74, 6) is 1.42. The highest BCUT2D eigenvalue weighted by atomic mass is 16.5. The molecule has 2 atom stereocenters. The number of methoxy groups -OCH3 is 1.